The second kappa shape index (κ2) is 17.1. The summed E-state index contributed by atoms with van der Waals surface area (Å²) in [6.07, 6.45) is 0. The van der Waals surface area contributed by atoms with Crippen LogP contribution in [-0.4, -0.2) is 16.1 Å². The number of hydrogen-bond donors (Lipinski definition) is 0. The van der Waals surface area contributed by atoms with Crippen molar-refractivity contribution < 1.29 is 0 Å². The fraction of sp³-hybridized carbons (Fsp3) is 0.188. The van der Waals surface area contributed by atoms with Gasteiger partial charge in [0, 0.05) is 33.5 Å². The van der Waals surface area contributed by atoms with E-state index in [1.807, 2.05) is 0 Å². The van der Waals surface area contributed by atoms with E-state index in [4.69, 9.17) is 0 Å². The third kappa shape index (κ3) is 7.93. The maximum Gasteiger partial charge on any atom is 0.0775 e. The molecule has 0 radical (unpaired) electrons. The third-order valence-corrected chi connectivity index (χ3v) is 18.7. The number of benzene rings is 10. The van der Waals surface area contributed by atoms with E-state index in [2.05, 4.69) is 260 Å². The van der Waals surface area contributed by atoms with Crippen LogP contribution in [0.4, 0.5) is 34.1 Å². The van der Waals surface area contributed by atoms with Gasteiger partial charge in [0.05, 0.1) is 27.5 Å². The molecule has 4 heteroatoms. The van der Waals surface area contributed by atoms with Gasteiger partial charge >= 0.3 is 0 Å². The van der Waals surface area contributed by atoms with Crippen molar-refractivity contribution in [3.63, 3.8) is 0 Å². The zero-order valence-electron chi connectivity index (χ0n) is 42.1. The highest BCUT2D eigenvalue weighted by Crippen LogP contribution is 2.49. The molecule has 0 aliphatic heterocycles. The van der Waals surface area contributed by atoms with E-state index in [1.165, 1.54) is 121 Å². The van der Waals surface area contributed by atoms with Gasteiger partial charge in [-0.15, -0.1) is 0 Å². The highest BCUT2D eigenvalue weighted by molar-refractivity contribution is 6.89. The predicted octanol–water partition coefficient (Wildman–Crippen LogP) is 17.8. The Hall–Kier alpha value is -6.73. The van der Waals surface area contributed by atoms with E-state index >= 15 is 0 Å². The van der Waals surface area contributed by atoms with E-state index in [0.717, 1.165) is 11.4 Å². The SMILES string of the molecule is Cc1ccc(-c2c(C)cccc2C)cc1N(c1ccc([Si](C)(C)C)cc1)c1ccc2ccc3c(N(c4ccc([Si](C)(C)C)cc4)c4cc(-c5c(C)cccc5C)ccc4C)ccc4ccc1c2c43. The van der Waals surface area contributed by atoms with E-state index in [0.29, 0.717) is 0 Å². The number of rotatable bonds is 10. The molecular formula is C64H64N2Si2. The highest BCUT2D eigenvalue weighted by atomic mass is 28.3. The molecule has 0 saturated carbocycles. The van der Waals surface area contributed by atoms with E-state index < -0.39 is 16.1 Å². The van der Waals surface area contributed by atoms with Gasteiger partial charge in [0.1, 0.15) is 0 Å². The second-order valence-corrected chi connectivity index (χ2v) is 31.5. The summed E-state index contributed by atoms with van der Waals surface area (Å²) < 4.78 is 0. The van der Waals surface area contributed by atoms with E-state index in [-0.39, 0.29) is 0 Å². The van der Waals surface area contributed by atoms with Gasteiger partial charge in [0.25, 0.3) is 0 Å². The van der Waals surface area contributed by atoms with Crippen LogP contribution in [0.25, 0.3) is 54.6 Å². The normalized spacial score (nSPS) is 12.1. The monoisotopic (exact) mass is 916 g/mol. The van der Waals surface area contributed by atoms with Gasteiger partial charge in [-0.05, 0) is 167 Å². The maximum absolute atomic E-state index is 2.53. The van der Waals surface area contributed by atoms with Gasteiger partial charge in [0.2, 0.25) is 0 Å². The summed E-state index contributed by atoms with van der Waals surface area (Å²) in [4.78, 5) is 5.06. The first-order valence-corrected chi connectivity index (χ1v) is 31.3. The van der Waals surface area contributed by atoms with Gasteiger partial charge in [-0.25, -0.2) is 0 Å². The molecule has 0 aliphatic carbocycles. The Balaban J connectivity index is 1.23. The number of nitrogens with zero attached hydrogens (tertiary/aromatic N) is 2. The molecule has 68 heavy (non-hydrogen) atoms. The van der Waals surface area contributed by atoms with E-state index in [9.17, 15) is 0 Å². The molecule has 0 unspecified atom stereocenters. The summed E-state index contributed by atoms with van der Waals surface area (Å²) in [7, 11) is -3.08. The van der Waals surface area contributed by atoms with Crippen molar-refractivity contribution in [1.82, 2.24) is 0 Å². The second-order valence-electron chi connectivity index (χ2n) is 21.4. The maximum atomic E-state index is 2.53. The summed E-state index contributed by atoms with van der Waals surface area (Å²) >= 11 is 0. The third-order valence-electron chi connectivity index (χ3n) is 14.5. The van der Waals surface area contributed by atoms with Crippen molar-refractivity contribution in [3.8, 4) is 22.3 Å². The molecule has 0 atom stereocenters. The van der Waals surface area contributed by atoms with Crippen molar-refractivity contribution in [3.05, 3.63) is 203 Å². The largest absolute Gasteiger partial charge is 0.310 e. The first-order valence-electron chi connectivity index (χ1n) is 24.3. The molecule has 10 aromatic rings. The Morgan fingerprint density at radius 3 is 0.985 bits per heavy atom. The average Bonchev–Trinajstić information content (AvgIpc) is 3.30. The fourth-order valence-electron chi connectivity index (χ4n) is 10.7. The number of anilines is 6. The van der Waals surface area contributed by atoms with E-state index in [1.54, 1.807) is 0 Å². The number of aryl methyl sites for hydroxylation is 6. The quantitative estimate of drug-likeness (QED) is 0.0996. The fourth-order valence-corrected chi connectivity index (χ4v) is 13.1. The number of hydrogen-bond acceptors (Lipinski definition) is 2. The molecule has 2 nitrogen and oxygen atoms in total. The highest BCUT2D eigenvalue weighted by Gasteiger charge is 2.26. The van der Waals surface area contributed by atoms with Gasteiger partial charge in [-0.1, -0.05) is 171 Å². The Morgan fingerprint density at radius 2 is 0.647 bits per heavy atom. The standard InChI is InChI=1S/C64H64N2Si2/c1-41-19-21-49(61-43(3)15-13-16-44(61)4)39-59(41)65(51-27-31-53(32-28-51)67(7,8)9)57-37-25-47-24-36-56-58(38-26-48-23-35-55(57)63(47)64(48)56)66(52-29-33-54(34-30-52)68(10,11)12)60-40-50(22-20-42(60)2)62-45(5)17-14-18-46(62)6/h13-40H,1-12H3. The molecule has 0 N–H and O–H groups in total. The summed E-state index contributed by atoms with van der Waals surface area (Å²) in [6.45, 7) is 28.0. The molecule has 0 saturated heterocycles. The Bertz CT molecular complexity index is 3260. The lowest BCUT2D eigenvalue weighted by molar-refractivity contribution is 1.26. The topological polar surface area (TPSA) is 6.48 Å². The lowest BCUT2D eigenvalue weighted by Crippen LogP contribution is -2.37. The van der Waals surface area contributed by atoms with Crippen LogP contribution >= 0.6 is 0 Å². The van der Waals surface area contributed by atoms with Crippen LogP contribution in [0.3, 0.4) is 0 Å². The van der Waals surface area contributed by atoms with Crippen LogP contribution in [-0.2, 0) is 0 Å². The summed E-state index contributed by atoms with van der Waals surface area (Å²) in [5.41, 5.74) is 19.8. The molecule has 338 valence electrons. The van der Waals surface area contributed by atoms with Crippen LogP contribution < -0.4 is 20.2 Å². The lowest BCUT2D eigenvalue weighted by atomic mass is 9.91. The smallest absolute Gasteiger partial charge is 0.0775 e. The van der Waals surface area contributed by atoms with Gasteiger partial charge in [-0.2, -0.15) is 0 Å². The van der Waals surface area contributed by atoms with Gasteiger partial charge in [0.15, 0.2) is 0 Å². The molecule has 0 aromatic heterocycles. The van der Waals surface area contributed by atoms with Crippen LogP contribution in [0.5, 0.6) is 0 Å². The molecule has 10 aromatic carbocycles. The van der Waals surface area contributed by atoms with Gasteiger partial charge < -0.3 is 9.80 Å². The molecule has 0 fully saturated rings. The minimum Gasteiger partial charge on any atom is -0.310 e. The summed E-state index contributed by atoms with van der Waals surface area (Å²) in [6, 6.07) is 65.1. The average molecular weight is 917 g/mol. The van der Waals surface area contributed by atoms with Crippen LogP contribution in [0, 0.1) is 41.5 Å². The van der Waals surface area contributed by atoms with Crippen molar-refractivity contribution in [1.29, 1.82) is 0 Å². The Kier molecular flexibility index (Phi) is 11.3. The van der Waals surface area contributed by atoms with Crippen molar-refractivity contribution in [2.24, 2.45) is 0 Å². The molecule has 0 heterocycles. The molecule has 0 spiro atoms. The van der Waals surface area contributed by atoms with Crippen LogP contribution in [0.2, 0.25) is 39.3 Å². The van der Waals surface area contributed by atoms with Crippen LogP contribution in [0.15, 0.2) is 170 Å². The van der Waals surface area contributed by atoms with Crippen molar-refractivity contribution >= 4 is 93.0 Å². The van der Waals surface area contributed by atoms with Crippen molar-refractivity contribution in [2.45, 2.75) is 80.8 Å². The Labute approximate surface area is 406 Å². The summed E-state index contributed by atoms with van der Waals surface area (Å²) in [5, 5.41) is 10.5. The first-order chi connectivity index (χ1) is 32.5. The minimum absolute atomic E-state index is 1.16. The van der Waals surface area contributed by atoms with Crippen LogP contribution in [0.1, 0.15) is 33.4 Å². The minimum atomic E-state index is -1.54. The zero-order chi connectivity index (χ0) is 47.8. The molecule has 10 rings (SSSR count). The molecule has 0 aliphatic rings. The Morgan fingerprint density at radius 1 is 0.309 bits per heavy atom. The lowest BCUT2D eigenvalue weighted by Gasteiger charge is -2.31. The predicted molar refractivity (Wildman–Crippen MR) is 305 cm³/mol. The van der Waals surface area contributed by atoms with Crippen molar-refractivity contribution in [2.75, 3.05) is 9.80 Å². The molecule has 0 amide bonds. The van der Waals surface area contributed by atoms with Gasteiger partial charge in [-0.3, -0.25) is 0 Å². The summed E-state index contributed by atoms with van der Waals surface area (Å²) in [5.74, 6) is 0. The molecule has 0 bridgehead atoms. The first kappa shape index (κ1) is 45.1. The zero-order valence-corrected chi connectivity index (χ0v) is 44.1. The molecular weight excluding hydrogens is 853 g/mol.